The summed E-state index contributed by atoms with van der Waals surface area (Å²) >= 11 is 1.84. The molecule has 8 heteroatoms. The van der Waals surface area contributed by atoms with Gasteiger partial charge in [-0.25, -0.2) is 0 Å². The van der Waals surface area contributed by atoms with E-state index in [0.29, 0.717) is 6.04 Å². The monoisotopic (exact) mass is 535 g/mol. The van der Waals surface area contributed by atoms with Crippen molar-refractivity contribution in [2.24, 2.45) is 10.9 Å². The van der Waals surface area contributed by atoms with Gasteiger partial charge in [-0.2, -0.15) is 0 Å². The van der Waals surface area contributed by atoms with Crippen LogP contribution in [-0.4, -0.2) is 81.8 Å². The van der Waals surface area contributed by atoms with Crippen LogP contribution in [0.4, 0.5) is 0 Å². The molecule has 0 bridgehead atoms. The average Bonchev–Trinajstić information content (AvgIpc) is 3.28. The lowest BCUT2D eigenvalue weighted by Crippen LogP contribution is -2.46. The Morgan fingerprint density at radius 3 is 2.62 bits per heavy atom. The Morgan fingerprint density at radius 1 is 1.24 bits per heavy atom. The van der Waals surface area contributed by atoms with Gasteiger partial charge in [-0.05, 0) is 56.3 Å². The molecule has 1 aromatic heterocycles. The minimum absolute atomic E-state index is 0. The van der Waals surface area contributed by atoms with Crippen LogP contribution in [0.1, 0.15) is 37.1 Å². The van der Waals surface area contributed by atoms with Crippen molar-refractivity contribution in [2.45, 2.75) is 32.2 Å². The summed E-state index contributed by atoms with van der Waals surface area (Å²) in [5.41, 5.74) is 0. The largest absolute Gasteiger partial charge is 0.379 e. The highest BCUT2D eigenvalue weighted by atomic mass is 127. The predicted octanol–water partition coefficient (Wildman–Crippen LogP) is 3.03. The van der Waals surface area contributed by atoms with Crippen molar-refractivity contribution in [3.63, 3.8) is 0 Å². The lowest BCUT2D eigenvalue weighted by molar-refractivity contribution is 0.0177. The first kappa shape index (κ1) is 24.8. The number of nitrogens with zero attached hydrogens (tertiary/aromatic N) is 3. The van der Waals surface area contributed by atoms with Crippen LogP contribution < -0.4 is 10.6 Å². The van der Waals surface area contributed by atoms with Crippen molar-refractivity contribution >= 4 is 41.3 Å². The van der Waals surface area contributed by atoms with Crippen LogP contribution in [0.3, 0.4) is 0 Å². The summed E-state index contributed by atoms with van der Waals surface area (Å²) in [6.45, 7) is 11.5. The van der Waals surface area contributed by atoms with E-state index in [1.807, 2.05) is 18.4 Å². The summed E-state index contributed by atoms with van der Waals surface area (Å²) in [7, 11) is 1.87. The molecule has 2 N–H and O–H groups in total. The zero-order chi connectivity index (χ0) is 19.6. The van der Waals surface area contributed by atoms with Gasteiger partial charge < -0.3 is 20.3 Å². The quantitative estimate of drug-likeness (QED) is 0.305. The van der Waals surface area contributed by atoms with Crippen LogP contribution in [0.5, 0.6) is 0 Å². The molecule has 1 unspecified atom stereocenters. The standard InChI is InChI=1S/C21H37N5OS.HI/c1-3-25-10-7-18(8-11-25)6-9-23-21(22-2)24-17-19(20-5-4-16-28-20)26-12-14-27-15-13-26;/h4-5,16,18-19H,3,6-15,17H2,1-2H3,(H2,22,23,24);1H. The SMILES string of the molecule is CCN1CCC(CCNC(=NC)NCC(c2cccs2)N2CCOCC2)CC1.I. The van der Waals surface area contributed by atoms with Crippen molar-refractivity contribution in [3.8, 4) is 0 Å². The minimum Gasteiger partial charge on any atom is -0.379 e. The minimum atomic E-state index is 0. The van der Waals surface area contributed by atoms with Gasteiger partial charge in [0, 0.05) is 38.1 Å². The van der Waals surface area contributed by atoms with Gasteiger partial charge in [0.2, 0.25) is 0 Å². The average molecular weight is 536 g/mol. The molecule has 1 aromatic rings. The number of likely N-dealkylation sites (tertiary alicyclic amines) is 1. The highest BCUT2D eigenvalue weighted by Gasteiger charge is 2.23. The number of hydrogen-bond donors (Lipinski definition) is 2. The number of ether oxygens (including phenoxy) is 1. The third-order valence-electron chi connectivity index (χ3n) is 6.04. The molecule has 3 heterocycles. The maximum atomic E-state index is 5.54. The van der Waals surface area contributed by atoms with Gasteiger partial charge in [0.05, 0.1) is 19.3 Å². The van der Waals surface area contributed by atoms with Crippen molar-refractivity contribution in [2.75, 3.05) is 66.1 Å². The lowest BCUT2D eigenvalue weighted by atomic mass is 9.93. The number of halogens is 1. The number of guanidine groups is 1. The molecule has 166 valence electrons. The summed E-state index contributed by atoms with van der Waals surface area (Å²) in [4.78, 5) is 10.9. The van der Waals surface area contributed by atoms with E-state index in [0.717, 1.165) is 51.3 Å². The van der Waals surface area contributed by atoms with Crippen molar-refractivity contribution in [3.05, 3.63) is 22.4 Å². The predicted molar refractivity (Wildman–Crippen MR) is 134 cm³/mol. The molecule has 2 aliphatic rings. The van der Waals surface area contributed by atoms with Gasteiger partial charge in [-0.15, -0.1) is 35.3 Å². The number of hydrogen-bond acceptors (Lipinski definition) is 5. The number of rotatable bonds is 8. The van der Waals surface area contributed by atoms with Crippen LogP contribution in [-0.2, 0) is 4.74 Å². The molecule has 0 aromatic carbocycles. The molecule has 2 saturated heterocycles. The Bertz CT molecular complexity index is 572. The molecule has 0 aliphatic carbocycles. The normalized spacial score (nSPS) is 20.8. The van der Waals surface area contributed by atoms with E-state index < -0.39 is 0 Å². The van der Waals surface area contributed by atoms with Gasteiger partial charge in [-0.3, -0.25) is 9.89 Å². The molecule has 3 rings (SSSR count). The maximum absolute atomic E-state index is 5.54. The molecule has 2 aliphatic heterocycles. The van der Waals surface area contributed by atoms with Gasteiger partial charge >= 0.3 is 0 Å². The number of aliphatic imine (C=N–C) groups is 1. The van der Waals surface area contributed by atoms with Crippen LogP contribution in [0.2, 0.25) is 0 Å². The van der Waals surface area contributed by atoms with Crippen molar-refractivity contribution in [1.29, 1.82) is 0 Å². The third kappa shape index (κ3) is 7.97. The second-order valence-electron chi connectivity index (χ2n) is 7.73. The second kappa shape index (κ2) is 13.8. The lowest BCUT2D eigenvalue weighted by Gasteiger charge is -2.34. The van der Waals surface area contributed by atoms with E-state index in [-0.39, 0.29) is 24.0 Å². The van der Waals surface area contributed by atoms with Crippen LogP contribution in [0, 0.1) is 5.92 Å². The Balaban J connectivity index is 0.00000300. The maximum Gasteiger partial charge on any atom is 0.191 e. The zero-order valence-electron chi connectivity index (χ0n) is 17.9. The third-order valence-corrected chi connectivity index (χ3v) is 7.02. The molecule has 0 radical (unpaired) electrons. The van der Waals surface area contributed by atoms with E-state index in [2.05, 4.69) is 49.9 Å². The van der Waals surface area contributed by atoms with Crippen LogP contribution >= 0.6 is 35.3 Å². The molecule has 0 spiro atoms. The fourth-order valence-electron chi connectivity index (χ4n) is 4.18. The van der Waals surface area contributed by atoms with Crippen LogP contribution in [0.25, 0.3) is 0 Å². The first-order chi connectivity index (χ1) is 13.8. The van der Waals surface area contributed by atoms with Crippen LogP contribution in [0.15, 0.2) is 22.5 Å². The molecule has 29 heavy (non-hydrogen) atoms. The van der Waals surface area contributed by atoms with Gasteiger partial charge in [0.25, 0.3) is 0 Å². The summed E-state index contributed by atoms with van der Waals surface area (Å²) in [6, 6.07) is 4.76. The van der Waals surface area contributed by atoms with Gasteiger partial charge in [-0.1, -0.05) is 13.0 Å². The van der Waals surface area contributed by atoms with Gasteiger partial charge in [0.15, 0.2) is 5.96 Å². The fourth-order valence-corrected chi connectivity index (χ4v) is 5.04. The number of morpholine rings is 1. The van der Waals surface area contributed by atoms with E-state index in [9.17, 15) is 0 Å². The number of thiophene rings is 1. The molecule has 1 atom stereocenters. The smallest absolute Gasteiger partial charge is 0.191 e. The highest BCUT2D eigenvalue weighted by molar-refractivity contribution is 14.0. The van der Waals surface area contributed by atoms with Crippen molar-refractivity contribution in [1.82, 2.24) is 20.4 Å². The molecular formula is C21H38IN5OS. The Labute approximate surface area is 197 Å². The van der Waals surface area contributed by atoms with E-state index in [1.54, 1.807) is 0 Å². The Kier molecular flexibility index (Phi) is 11.8. The highest BCUT2D eigenvalue weighted by Crippen LogP contribution is 2.25. The first-order valence-corrected chi connectivity index (χ1v) is 11.7. The number of piperidine rings is 1. The summed E-state index contributed by atoms with van der Waals surface area (Å²) in [6.07, 6.45) is 3.90. The van der Waals surface area contributed by atoms with E-state index in [4.69, 9.17) is 4.74 Å². The topological polar surface area (TPSA) is 52.1 Å². The Hall–Kier alpha value is -0.420. The number of nitrogens with one attached hydrogen (secondary N) is 2. The molecular weight excluding hydrogens is 497 g/mol. The second-order valence-corrected chi connectivity index (χ2v) is 8.71. The summed E-state index contributed by atoms with van der Waals surface area (Å²) < 4.78 is 5.54. The zero-order valence-corrected chi connectivity index (χ0v) is 21.1. The molecule has 6 nitrogen and oxygen atoms in total. The first-order valence-electron chi connectivity index (χ1n) is 10.8. The molecule has 0 amide bonds. The van der Waals surface area contributed by atoms with E-state index in [1.165, 1.54) is 43.8 Å². The van der Waals surface area contributed by atoms with E-state index >= 15 is 0 Å². The van der Waals surface area contributed by atoms with Gasteiger partial charge in [0.1, 0.15) is 0 Å². The molecule has 2 fully saturated rings. The summed E-state index contributed by atoms with van der Waals surface area (Å²) in [5, 5.41) is 9.26. The van der Waals surface area contributed by atoms with Crippen molar-refractivity contribution < 1.29 is 4.74 Å². The fraction of sp³-hybridized carbons (Fsp3) is 0.762. The molecule has 0 saturated carbocycles. The summed E-state index contributed by atoms with van der Waals surface area (Å²) in [5.74, 6) is 1.77. The Morgan fingerprint density at radius 2 is 2.00 bits per heavy atom.